The average Bonchev–Trinajstić information content (AvgIpc) is 3.08. The monoisotopic (exact) mass is 417 g/mol. The molecule has 0 unspecified atom stereocenters. The van der Waals surface area contributed by atoms with Crippen LogP contribution in [0.1, 0.15) is 21.8 Å². The van der Waals surface area contributed by atoms with E-state index in [-0.39, 0.29) is 28.7 Å². The Bertz CT molecular complexity index is 1070. The van der Waals surface area contributed by atoms with E-state index in [1.807, 2.05) is 0 Å². The van der Waals surface area contributed by atoms with Crippen LogP contribution in [0.25, 0.3) is 0 Å². The van der Waals surface area contributed by atoms with Crippen LogP contribution in [0.5, 0.6) is 11.5 Å². The van der Waals surface area contributed by atoms with Crippen molar-refractivity contribution in [2.75, 3.05) is 12.4 Å². The lowest BCUT2D eigenvalue weighted by Gasteiger charge is -2.10. The largest absolute Gasteiger partial charge is 0.493 e. The molecule has 1 aromatic heterocycles. The molecule has 150 valence electrons. The van der Waals surface area contributed by atoms with Crippen molar-refractivity contribution in [2.24, 2.45) is 0 Å². The van der Waals surface area contributed by atoms with E-state index >= 15 is 0 Å². The van der Waals surface area contributed by atoms with Gasteiger partial charge in [0.05, 0.1) is 17.6 Å². The Labute approximate surface area is 170 Å². The number of nitro benzene ring substituents is 1. The van der Waals surface area contributed by atoms with Crippen molar-refractivity contribution < 1.29 is 23.7 Å². The van der Waals surface area contributed by atoms with Gasteiger partial charge in [-0.15, -0.1) is 0 Å². The minimum atomic E-state index is -0.675. The second kappa shape index (κ2) is 8.61. The van der Waals surface area contributed by atoms with Gasteiger partial charge in [-0.1, -0.05) is 28.9 Å². The summed E-state index contributed by atoms with van der Waals surface area (Å²) in [4.78, 5) is 23.2. The summed E-state index contributed by atoms with van der Waals surface area (Å²) >= 11 is 5.80. The molecule has 3 rings (SSSR count). The van der Waals surface area contributed by atoms with Crippen LogP contribution < -0.4 is 14.8 Å². The summed E-state index contributed by atoms with van der Waals surface area (Å²) < 4.78 is 16.1. The maximum atomic E-state index is 12.7. The first-order valence-electron chi connectivity index (χ1n) is 8.37. The number of aryl methyl sites for hydroxylation is 1. The number of ether oxygens (including phenoxy) is 2. The summed E-state index contributed by atoms with van der Waals surface area (Å²) in [6, 6.07) is 11.0. The molecule has 10 heteroatoms. The molecule has 0 saturated carbocycles. The van der Waals surface area contributed by atoms with Crippen molar-refractivity contribution in [3.05, 3.63) is 74.6 Å². The first-order chi connectivity index (χ1) is 13.9. The molecule has 1 heterocycles. The lowest BCUT2D eigenvalue weighted by molar-refractivity contribution is -0.383. The normalized spacial score (nSPS) is 10.4. The number of carbonyl (C=O) groups is 1. The van der Waals surface area contributed by atoms with Gasteiger partial charge in [0.25, 0.3) is 11.6 Å². The van der Waals surface area contributed by atoms with Crippen LogP contribution in [-0.2, 0) is 6.61 Å². The van der Waals surface area contributed by atoms with E-state index in [0.717, 1.165) is 6.07 Å². The number of nitrogens with one attached hydrogen (secondary N) is 1. The number of nitro groups is 1. The van der Waals surface area contributed by atoms with Gasteiger partial charge in [0.15, 0.2) is 17.2 Å². The highest BCUT2D eigenvalue weighted by Crippen LogP contribution is 2.30. The minimum Gasteiger partial charge on any atom is -0.493 e. The third-order valence-corrected chi connectivity index (χ3v) is 4.28. The van der Waals surface area contributed by atoms with Crippen LogP contribution in [0.15, 0.2) is 47.0 Å². The quantitative estimate of drug-likeness (QED) is 0.447. The molecule has 0 aliphatic heterocycles. The SMILES string of the molecule is COc1ccccc1OCc1c(C(=O)Nc2ccc(Cl)cc2[N+](=O)[O-])noc1C. The van der Waals surface area contributed by atoms with Crippen LogP contribution in [-0.4, -0.2) is 23.1 Å². The highest BCUT2D eigenvalue weighted by atomic mass is 35.5. The molecule has 0 aliphatic rings. The van der Waals surface area contributed by atoms with Gasteiger partial charge < -0.3 is 19.3 Å². The molecule has 0 aliphatic carbocycles. The van der Waals surface area contributed by atoms with Gasteiger partial charge in [0, 0.05) is 11.1 Å². The molecular weight excluding hydrogens is 402 g/mol. The van der Waals surface area contributed by atoms with E-state index in [9.17, 15) is 14.9 Å². The zero-order chi connectivity index (χ0) is 21.0. The molecule has 29 heavy (non-hydrogen) atoms. The number of halogens is 1. The summed E-state index contributed by atoms with van der Waals surface area (Å²) in [7, 11) is 1.52. The number of para-hydroxylation sites is 2. The van der Waals surface area contributed by atoms with E-state index < -0.39 is 10.8 Å². The van der Waals surface area contributed by atoms with Gasteiger partial charge in [0.2, 0.25) is 0 Å². The number of hydrogen-bond donors (Lipinski definition) is 1. The highest BCUT2D eigenvalue weighted by molar-refractivity contribution is 6.31. The average molecular weight is 418 g/mol. The molecule has 0 fully saturated rings. The Morgan fingerprint density at radius 3 is 2.69 bits per heavy atom. The van der Waals surface area contributed by atoms with Crippen molar-refractivity contribution in [1.29, 1.82) is 0 Å². The third-order valence-electron chi connectivity index (χ3n) is 4.05. The van der Waals surface area contributed by atoms with Gasteiger partial charge in [-0.3, -0.25) is 14.9 Å². The second-order valence-electron chi connectivity index (χ2n) is 5.88. The smallest absolute Gasteiger partial charge is 0.294 e. The molecule has 0 radical (unpaired) electrons. The number of hydrogen-bond acceptors (Lipinski definition) is 7. The summed E-state index contributed by atoms with van der Waals surface area (Å²) in [5.41, 5.74) is 0.0196. The van der Waals surface area contributed by atoms with Crippen molar-refractivity contribution in [3.63, 3.8) is 0 Å². The fraction of sp³-hybridized carbons (Fsp3) is 0.158. The van der Waals surface area contributed by atoms with Gasteiger partial charge in [-0.05, 0) is 31.2 Å². The number of carbonyl (C=O) groups excluding carboxylic acids is 1. The van der Waals surface area contributed by atoms with Gasteiger partial charge in [-0.2, -0.15) is 0 Å². The molecule has 2 aromatic carbocycles. The van der Waals surface area contributed by atoms with Crippen LogP contribution >= 0.6 is 11.6 Å². The maximum Gasteiger partial charge on any atom is 0.294 e. The summed E-state index contributed by atoms with van der Waals surface area (Å²) in [6.07, 6.45) is 0. The zero-order valence-corrected chi connectivity index (χ0v) is 16.2. The summed E-state index contributed by atoms with van der Waals surface area (Å²) in [6.45, 7) is 1.62. The van der Waals surface area contributed by atoms with E-state index in [2.05, 4.69) is 10.5 Å². The molecule has 9 nitrogen and oxygen atoms in total. The number of aromatic nitrogens is 1. The predicted octanol–water partition coefficient (Wildman–Crippen LogP) is 4.38. The van der Waals surface area contributed by atoms with Crippen LogP contribution in [0.3, 0.4) is 0 Å². The molecule has 0 saturated heterocycles. The topological polar surface area (TPSA) is 117 Å². The fourth-order valence-corrected chi connectivity index (χ4v) is 2.74. The molecule has 1 N–H and O–H groups in total. The van der Waals surface area contributed by atoms with Crippen LogP contribution in [0.4, 0.5) is 11.4 Å². The summed E-state index contributed by atoms with van der Waals surface area (Å²) in [5, 5.41) is 17.6. The predicted molar refractivity (Wildman–Crippen MR) is 105 cm³/mol. The molecule has 0 atom stereocenters. The standard InChI is InChI=1S/C19H16ClN3O6/c1-11-13(10-28-17-6-4-3-5-16(17)27-2)18(22-29-11)19(24)21-14-8-7-12(20)9-15(14)23(25)26/h3-9H,10H2,1-2H3,(H,21,24). The first kappa shape index (κ1) is 20.2. The Hall–Kier alpha value is -3.59. The van der Waals surface area contributed by atoms with E-state index in [1.54, 1.807) is 31.2 Å². The Morgan fingerprint density at radius 2 is 2.00 bits per heavy atom. The Morgan fingerprint density at radius 1 is 1.28 bits per heavy atom. The number of amides is 1. The first-order valence-corrected chi connectivity index (χ1v) is 8.74. The van der Waals surface area contributed by atoms with Crippen LogP contribution in [0.2, 0.25) is 5.02 Å². The van der Waals surface area contributed by atoms with Crippen molar-refractivity contribution >= 4 is 28.9 Å². The lowest BCUT2D eigenvalue weighted by atomic mass is 10.2. The van der Waals surface area contributed by atoms with Crippen molar-refractivity contribution in [2.45, 2.75) is 13.5 Å². The Balaban J connectivity index is 1.82. The Kier molecular flexibility index (Phi) is 5.99. The molecular formula is C19H16ClN3O6. The van der Waals surface area contributed by atoms with Gasteiger partial charge in [-0.25, -0.2) is 0 Å². The van der Waals surface area contributed by atoms with E-state index in [0.29, 0.717) is 22.8 Å². The number of rotatable bonds is 7. The fourth-order valence-electron chi connectivity index (χ4n) is 2.57. The maximum absolute atomic E-state index is 12.7. The number of anilines is 1. The molecule has 1 amide bonds. The van der Waals surface area contributed by atoms with E-state index in [1.165, 1.54) is 19.2 Å². The lowest BCUT2D eigenvalue weighted by Crippen LogP contribution is -2.16. The highest BCUT2D eigenvalue weighted by Gasteiger charge is 2.24. The van der Waals surface area contributed by atoms with Gasteiger partial charge >= 0.3 is 0 Å². The van der Waals surface area contributed by atoms with Crippen LogP contribution in [0, 0.1) is 17.0 Å². The van der Waals surface area contributed by atoms with Crippen molar-refractivity contribution in [3.8, 4) is 11.5 Å². The number of benzene rings is 2. The molecule has 3 aromatic rings. The number of methoxy groups -OCH3 is 1. The molecule has 0 spiro atoms. The third kappa shape index (κ3) is 4.46. The minimum absolute atomic E-state index is 0.0124. The van der Waals surface area contributed by atoms with Crippen molar-refractivity contribution in [1.82, 2.24) is 5.16 Å². The number of nitrogens with zero attached hydrogens (tertiary/aromatic N) is 2. The molecule has 0 bridgehead atoms. The van der Waals surface area contributed by atoms with Gasteiger partial charge in [0.1, 0.15) is 18.1 Å². The summed E-state index contributed by atoms with van der Waals surface area (Å²) in [5.74, 6) is 0.723. The second-order valence-corrected chi connectivity index (χ2v) is 6.31. The van der Waals surface area contributed by atoms with E-state index in [4.69, 9.17) is 25.6 Å². The zero-order valence-electron chi connectivity index (χ0n) is 15.5.